The zero-order chi connectivity index (χ0) is 15.6. The second-order valence-corrected chi connectivity index (χ2v) is 7.14. The highest BCUT2D eigenvalue weighted by Gasteiger charge is 2.08. The van der Waals surface area contributed by atoms with Gasteiger partial charge in [0.25, 0.3) is 10.1 Å². The summed E-state index contributed by atoms with van der Waals surface area (Å²) in [4.78, 5) is 4.41. The monoisotopic (exact) mass is 345 g/mol. The highest BCUT2D eigenvalue weighted by Crippen LogP contribution is 2.27. The second kappa shape index (κ2) is 6.32. The largest absolute Gasteiger partial charge is 0.265 e. The third-order valence-corrected chi connectivity index (χ3v) is 3.59. The highest BCUT2D eigenvalue weighted by molar-refractivity contribution is 7.85. The van der Waals surface area contributed by atoms with Crippen LogP contribution in [0.3, 0.4) is 0 Å². The van der Waals surface area contributed by atoms with Crippen LogP contribution in [-0.4, -0.2) is 19.7 Å². The third-order valence-electron chi connectivity index (χ3n) is 2.61. The predicted molar refractivity (Wildman–Crippen MR) is 84.1 cm³/mol. The molecule has 1 aromatic carbocycles. The third kappa shape index (κ3) is 4.97. The van der Waals surface area contributed by atoms with Gasteiger partial charge in [0.05, 0.1) is 18.6 Å². The molecule has 0 aliphatic rings. The van der Waals surface area contributed by atoms with Crippen molar-refractivity contribution in [2.24, 2.45) is 0 Å². The lowest BCUT2D eigenvalue weighted by molar-refractivity contribution is 0.311. The molecule has 0 aliphatic carbocycles. The Morgan fingerprint density at radius 1 is 1.10 bits per heavy atom. The van der Waals surface area contributed by atoms with E-state index in [2.05, 4.69) is 4.98 Å². The molecular weight excluding hydrogens is 333 g/mol. The average molecular weight is 346 g/mol. The van der Waals surface area contributed by atoms with Crippen molar-refractivity contribution in [3.63, 3.8) is 0 Å². The van der Waals surface area contributed by atoms with Gasteiger partial charge in [0.2, 0.25) is 0 Å². The molecule has 21 heavy (non-hydrogen) atoms. The van der Waals surface area contributed by atoms with E-state index in [4.69, 9.17) is 27.4 Å². The first-order valence-corrected chi connectivity index (χ1v) is 8.58. The van der Waals surface area contributed by atoms with Crippen LogP contribution in [0.25, 0.3) is 11.3 Å². The van der Waals surface area contributed by atoms with Crippen molar-refractivity contribution < 1.29 is 12.6 Å². The summed E-state index contributed by atoms with van der Waals surface area (Å²) in [6.07, 6.45) is 1.01. The zero-order valence-electron chi connectivity index (χ0n) is 11.4. The minimum absolute atomic E-state index is 0.0382. The van der Waals surface area contributed by atoms with Gasteiger partial charge in [0.15, 0.2) is 0 Å². The zero-order valence-corrected chi connectivity index (χ0v) is 13.8. The Morgan fingerprint density at radius 3 is 2.29 bits per heavy atom. The van der Waals surface area contributed by atoms with E-state index >= 15 is 0 Å². The molecule has 0 fully saturated rings. The lowest BCUT2D eigenvalue weighted by atomic mass is 10.1. The molecule has 112 valence electrons. The van der Waals surface area contributed by atoms with Crippen LogP contribution in [0, 0.1) is 6.92 Å². The van der Waals surface area contributed by atoms with E-state index in [1.165, 1.54) is 0 Å². The van der Waals surface area contributed by atoms with Crippen LogP contribution in [0.15, 0.2) is 30.3 Å². The van der Waals surface area contributed by atoms with Crippen LogP contribution in [-0.2, 0) is 20.9 Å². The van der Waals surface area contributed by atoms with Crippen LogP contribution in [0.5, 0.6) is 0 Å². The van der Waals surface area contributed by atoms with Gasteiger partial charge >= 0.3 is 0 Å². The lowest BCUT2D eigenvalue weighted by Crippen LogP contribution is -2.03. The number of benzene rings is 1. The maximum atomic E-state index is 11.1. The van der Waals surface area contributed by atoms with E-state index < -0.39 is 10.1 Å². The van der Waals surface area contributed by atoms with Crippen LogP contribution >= 0.6 is 23.2 Å². The lowest BCUT2D eigenvalue weighted by Gasteiger charge is -2.08. The molecule has 0 saturated heterocycles. The molecule has 0 N–H and O–H groups in total. The minimum atomic E-state index is -3.49. The van der Waals surface area contributed by atoms with Crippen molar-refractivity contribution in [1.82, 2.24) is 4.98 Å². The Kier molecular flexibility index (Phi) is 4.88. The smallest absolute Gasteiger partial charge is 0.264 e. The summed E-state index contributed by atoms with van der Waals surface area (Å²) in [7, 11) is -3.49. The maximum absolute atomic E-state index is 11.1. The van der Waals surface area contributed by atoms with Gasteiger partial charge in [0.1, 0.15) is 0 Å². The fourth-order valence-corrected chi connectivity index (χ4v) is 2.72. The minimum Gasteiger partial charge on any atom is -0.265 e. The SMILES string of the molecule is Cc1cc(COS(C)(=O)=O)cc(-c2cc(Cl)cc(Cl)c2)n1. The molecule has 0 spiro atoms. The molecule has 0 bridgehead atoms. The van der Waals surface area contributed by atoms with E-state index in [0.29, 0.717) is 21.3 Å². The normalized spacial score (nSPS) is 11.6. The number of rotatable bonds is 4. The van der Waals surface area contributed by atoms with E-state index in [0.717, 1.165) is 17.5 Å². The van der Waals surface area contributed by atoms with Crippen LogP contribution in [0.4, 0.5) is 0 Å². The standard InChI is InChI=1S/C14H13Cl2NO3S/c1-9-3-10(8-20-21(2,18)19)4-14(17-9)11-5-12(15)7-13(16)6-11/h3-7H,8H2,1-2H3. The van der Waals surface area contributed by atoms with Crippen molar-refractivity contribution >= 4 is 33.3 Å². The average Bonchev–Trinajstić information content (AvgIpc) is 2.34. The Morgan fingerprint density at radius 2 is 1.71 bits per heavy atom. The van der Waals surface area contributed by atoms with E-state index in [1.54, 1.807) is 30.3 Å². The van der Waals surface area contributed by atoms with E-state index in [9.17, 15) is 8.42 Å². The number of aryl methyl sites for hydroxylation is 1. The van der Waals surface area contributed by atoms with Gasteiger partial charge in [-0.05, 0) is 42.8 Å². The Hall–Kier alpha value is -1.14. The fourth-order valence-electron chi connectivity index (χ4n) is 1.85. The molecule has 0 unspecified atom stereocenters. The van der Waals surface area contributed by atoms with Gasteiger partial charge in [-0.1, -0.05) is 23.2 Å². The van der Waals surface area contributed by atoms with E-state index in [1.807, 2.05) is 6.92 Å². The Labute approximate surface area is 133 Å². The number of nitrogens with zero attached hydrogens (tertiary/aromatic N) is 1. The first kappa shape index (κ1) is 16.2. The fraction of sp³-hybridized carbons (Fsp3) is 0.214. The molecule has 1 aromatic heterocycles. The van der Waals surface area contributed by atoms with Crippen molar-refractivity contribution in [2.75, 3.05) is 6.26 Å². The molecule has 4 nitrogen and oxygen atoms in total. The molecule has 0 aliphatic heterocycles. The quantitative estimate of drug-likeness (QED) is 0.790. The highest BCUT2D eigenvalue weighted by atomic mass is 35.5. The first-order chi connectivity index (χ1) is 9.73. The van der Waals surface area contributed by atoms with Crippen molar-refractivity contribution in [3.8, 4) is 11.3 Å². The molecule has 0 amide bonds. The Balaban J connectivity index is 2.38. The van der Waals surface area contributed by atoms with Gasteiger partial charge in [-0.3, -0.25) is 9.17 Å². The molecular formula is C14H13Cl2NO3S. The molecule has 7 heteroatoms. The van der Waals surface area contributed by atoms with Gasteiger partial charge in [-0.2, -0.15) is 8.42 Å². The summed E-state index contributed by atoms with van der Waals surface area (Å²) in [6, 6.07) is 8.64. The first-order valence-electron chi connectivity index (χ1n) is 6.01. The summed E-state index contributed by atoms with van der Waals surface area (Å²) >= 11 is 12.0. The summed E-state index contributed by atoms with van der Waals surface area (Å²) < 4.78 is 26.9. The number of hydrogen-bond donors (Lipinski definition) is 0. The van der Waals surface area contributed by atoms with Crippen LogP contribution < -0.4 is 0 Å². The number of aromatic nitrogens is 1. The van der Waals surface area contributed by atoms with Crippen molar-refractivity contribution in [3.05, 3.63) is 51.6 Å². The molecule has 2 rings (SSSR count). The van der Waals surface area contributed by atoms with Gasteiger partial charge in [0, 0.05) is 21.3 Å². The van der Waals surface area contributed by atoms with Gasteiger partial charge in [-0.25, -0.2) is 0 Å². The van der Waals surface area contributed by atoms with Crippen molar-refractivity contribution in [2.45, 2.75) is 13.5 Å². The molecule has 0 atom stereocenters. The Bertz CT molecular complexity index is 756. The summed E-state index contributed by atoms with van der Waals surface area (Å²) in [5, 5.41) is 1.02. The molecule has 2 aromatic rings. The molecule has 0 radical (unpaired) electrons. The number of hydrogen-bond acceptors (Lipinski definition) is 4. The van der Waals surface area contributed by atoms with Gasteiger partial charge in [-0.15, -0.1) is 0 Å². The topological polar surface area (TPSA) is 56.3 Å². The van der Waals surface area contributed by atoms with Crippen LogP contribution in [0.2, 0.25) is 10.0 Å². The van der Waals surface area contributed by atoms with Gasteiger partial charge < -0.3 is 0 Å². The summed E-state index contributed by atoms with van der Waals surface area (Å²) in [5.74, 6) is 0. The second-order valence-electron chi connectivity index (χ2n) is 4.63. The summed E-state index contributed by atoms with van der Waals surface area (Å²) in [5.41, 5.74) is 2.87. The predicted octanol–water partition coefficient (Wildman–Crippen LogP) is 3.84. The molecule has 0 saturated carbocycles. The van der Waals surface area contributed by atoms with Crippen molar-refractivity contribution in [1.29, 1.82) is 0 Å². The maximum Gasteiger partial charge on any atom is 0.264 e. The number of pyridine rings is 1. The van der Waals surface area contributed by atoms with E-state index in [-0.39, 0.29) is 6.61 Å². The molecule has 1 heterocycles. The van der Waals surface area contributed by atoms with Crippen LogP contribution in [0.1, 0.15) is 11.3 Å². The number of halogens is 2. The summed E-state index contributed by atoms with van der Waals surface area (Å²) in [6.45, 7) is 1.78.